The molecule has 0 saturated heterocycles. The van der Waals surface area contributed by atoms with Crippen molar-refractivity contribution in [3.8, 4) is 22.5 Å². The number of rotatable bonds is 6. The molecule has 2 aliphatic rings. The van der Waals surface area contributed by atoms with Gasteiger partial charge in [0.05, 0.1) is 10.6 Å². The molecule has 5 nitrogen and oxygen atoms in total. The highest BCUT2D eigenvalue weighted by Gasteiger charge is 2.29. The molecule has 2 aromatic heterocycles. The quantitative estimate of drug-likeness (QED) is 0.635. The van der Waals surface area contributed by atoms with E-state index in [1.807, 2.05) is 35.7 Å². The Morgan fingerprint density at radius 1 is 1.30 bits per heavy atom. The minimum absolute atomic E-state index is 0.122. The second-order valence-electron chi connectivity index (χ2n) is 7.72. The molecule has 0 amide bonds. The molecule has 0 aromatic carbocycles. The predicted octanol–water partition coefficient (Wildman–Crippen LogP) is 5.84. The first-order valence-corrected chi connectivity index (χ1v) is 11.3. The summed E-state index contributed by atoms with van der Waals surface area (Å²) >= 11 is 1.57. The maximum atomic E-state index is 12.0. The number of nitriles is 1. The molecule has 6 heteroatoms. The van der Waals surface area contributed by atoms with Gasteiger partial charge in [-0.15, -0.1) is 11.3 Å². The lowest BCUT2D eigenvalue weighted by Gasteiger charge is -2.25. The van der Waals surface area contributed by atoms with Gasteiger partial charge in [0.1, 0.15) is 11.6 Å². The van der Waals surface area contributed by atoms with Crippen LogP contribution in [-0.4, -0.2) is 22.2 Å². The van der Waals surface area contributed by atoms with Gasteiger partial charge >= 0.3 is 5.97 Å². The summed E-state index contributed by atoms with van der Waals surface area (Å²) in [6, 6.07) is 8.21. The topological polar surface area (TPSA) is 83.2 Å². The molecular weight excluding hydrogens is 396 g/mol. The van der Waals surface area contributed by atoms with Gasteiger partial charge in [-0.3, -0.25) is 0 Å². The summed E-state index contributed by atoms with van der Waals surface area (Å²) in [7, 11) is 0. The van der Waals surface area contributed by atoms with Crippen LogP contribution < -0.4 is 4.74 Å². The SMILES string of the molecule is N#Cc1c(C2CCCCC2)cc(-c2cccs2)nc1OC(C(=O)O)C1=CCCC=C1. The number of hydrogen-bond acceptors (Lipinski definition) is 5. The Balaban J connectivity index is 1.79. The maximum Gasteiger partial charge on any atom is 0.349 e. The third kappa shape index (κ3) is 4.31. The van der Waals surface area contributed by atoms with Crippen molar-refractivity contribution in [1.82, 2.24) is 4.98 Å². The molecule has 0 bridgehead atoms. The molecule has 1 fully saturated rings. The molecule has 154 valence electrons. The predicted molar refractivity (Wildman–Crippen MR) is 117 cm³/mol. The summed E-state index contributed by atoms with van der Waals surface area (Å²) < 4.78 is 5.96. The summed E-state index contributed by atoms with van der Waals surface area (Å²) in [5, 5.41) is 21.8. The van der Waals surface area contributed by atoms with E-state index in [0.29, 0.717) is 11.1 Å². The first kappa shape index (κ1) is 20.4. The van der Waals surface area contributed by atoms with E-state index in [1.54, 1.807) is 17.4 Å². The number of allylic oxidation sites excluding steroid dienone is 2. The van der Waals surface area contributed by atoms with Gasteiger partial charge in [-0.25, -0.2) is 9.78 Å². The van der Waals surface area contributed by atoms with Crippen LogP contribution in [-0.2, 0) is 4.79 Å². The third-order valence-corrected chi connectivity index (χ3v) is 6.62. The molecule has 1 unspecified atom stereocenters. The van der Waals surface area contributed by atoms with Gasteiger partial charge in [-0.1, -0.05) is 43.6 Å². The van der Waals surface area contributed by atoms with Crippen LogP contribution in [0.4, 0.5) is 0 Å². The van der Waals surface area contributed by atoms with Gasteiger partial charge in [-0.05, 0) is 60.3 Å². The normalized spacial score (nSPS) is 17.8. The molecule has 2 aromatic rings. The van der Waals surface area contributed by atoms with Crippen LogP contribution >= 0.6 is 11.3 Å². The van der Waals surface area contributed by atoms with Crippen molar-refractivity contribution < 1.29 is 14.6 Å². The molecule has 1 saturated carbocycles. The first-order chi connectivity index (χ1) is 14.7. The van der Waals surface area contributed by atoms with Crippen LogP contribution in [0.5, 0.6) is 5.88 Å². The highest BCUT2D eigenvalue weighted by atomic mass is 32.1. The van der Waals surface area contributed by atoms with Crippen molar-refractivity contribution >= 4 is 17.3 Å². The highest BCUT2D eigenvalue weighted by Crippen LogP contribution is 2.39. The van der Waals surface area contributed by atoms with Gasteiger partial charge in [-0.2, -0.15) is 5.26 Å². The van der Waals surface area contributed by atoms with E-state index >= 15 is 0 Å². The van der Waals surface area contributed by atoms with Crippen LogP contribution in [0, 0.1) is 11.3 Å². The van der Waals surface area contributed by atoms with Crippen molar-refractivity contribution in [2.75, 3.05) is 0 Å². The average molecular weight is 421 g/mol. The molecule has 2 heterocycles. The van der Waals surface area contributed by atoms with E-state index < -0.39 is 12.1 Å². The number of aromatic nitrogens is 1. The molecule has 1 N–H and O–H groups in total. The lowest BCUT2D eigenvalue weighted by molar-refractivity contribution is -0.143. The number of ether oxygens (including phenoxy) is 1. The summed E-state index contributed by atoms with van der Waals surface area (Å²) in [5.74, 6) is -0.690. The van der Waals surface area contributed by atoms with E-state index in [2.05, 4.69) is 11.1 Å². The van der Waals surface area contributed by atoms with Crippen molar-refractivity contribution in [2.45, 2.75) is 57.0 Å². The van der Waals surface area contributed by atoms with Crippen LogP contribution in [0.3, 0.4) is 0 Å². The third-order valence-electron chi connectivity index (χ3n) is 5.73. The number of hydrogen-bond donors (Lipinski definition) is 1. The lowest BCUT2D eigenvalue weighted by atomic mass is 9.82. The standard InChI is InChI=1S/C24H24N2O3S/c25-15-19-18(16-8-3-1-4-9-16)14-20(21-12-7-13-30-21)26-23(19)29-22(24(27)28)17-10-5-2-6-11-17/h5,7,10-14,16,22H,1-4,6,8-9H2,(H,27,28). The number of thiophene rings is 1. The van der Waals surface area contributed by atoms with E-state index in [-0.39, 0.29) is 11.8 Å². The number of pyridine rings is 1. The zero-order valence-electron chi connectivity index (χ0n) is 16.7. The minimum atomic E-state index is -1.18. The monoisotopic (exact) mass is 420 g/mol. The van der Waals surface area contributed by atoms with Gasteiger partial charge in [0, 0.05) is 0 Å². The van der Waals surface area contributed by atoms with Crippen LogP contribution in [0.2, 0.25) is 0 Å². The zero-order valence-corrected chi connectivity index (χ0v) is 17.5. The Morgan fingerprint density at radius 3 is 2.77 bits per heavy atom. The second kappa shape index (κ2) is 9.27. The molecule has 30 heavy (non-hydrogen) atoms. The van der Waals surface area contributed by atoms with Gasteiger partial charge in [0.15, 0.2) is 0 Å². The fourth-order valence-corrected chi connectivity index (χ4v) is 4.91. The summed E-state index contributed by atoms with van der Waals surface area (Å²) in [4.78, 5) is 17.6. The van der Waals surface area contributed by atoms with E-state index in [0.717, 1.165) is 54.7 Å². The molecule has 2 aliphatic carbocycles. The number of aliphatic carboxylic acids is 1. The summed E-state index contributed by atoms with van der Waals surface area (Å²) in [6.07, 6.45) is 11.6. The highest BCUT2D eigenvalue weighted by molar-refractivity contribution is 7.13. The van der Waals surface area contributed by atoms with E-state index in [4.69, 9.17) is 4.74 Å². The maximum absolute atomic E-state index is 12.0. The van der Waals surface area contributed by atoms with Crippen LogP contribution in [0.1, 0.15) is 62.0 Å². The molecule has 0 spiro atoms. The lowest BCUT2D eigenvalue weighted by Crippen LogP contribution is -2.30. The largest absolute Gasteiger partial charge is 0.478 e. The average Bonchev–Trinajstić information content (AvgIpc) is 3.33. The first-order valence-electron chi connectivity index (χ1n) is 10.4. The fraction of sp³-hybridized carbons (Fsp3) is 0.375. The Bertz CT molecular complexity index is 1010. The van der Waals surface area contributed by atoms with E-state index in [1.165, 1.54) is 6.42 Å². The Kier molecular flexibility index (Phi) is 6.29. The van der Waals surface area contributed by atoms with E-state index in [9.17, 15) is 15.2 Å². The molecule has 0 radical (unpaired) electrons. The molecule has 4 rings (SSSR count). The van der Waals surface area contributed by atoms with Crippen molar-refractivity contribution in [3.63, 3.8) is 0 Å². The van der Waals surface area contributed by atoms with Gasteiger partial charge < -0.3 is 9.84 Å². The number of carboxylic acid groups (broad SMARTS) is 1. The molecule has 0 aliphatic heterocycles. The van der Waals surface area contributed by atoms with Crippen molar-refractivity contribution in [2.24, 2.45) is 0 Å². The van der Waals surface area contributed by atoms with Gasteiger partial charge in [0.2, 0.25) is 12.0 Å². The Hall–Kier alpha value is -2.91. The summed E-state index contributed by atoms with van der Waals surface area (Å²) in [6.45, 7) is 0. The van der Waals surface area contributed by atoms with Gasteiger partial charge in [0.25, 0.3) is 0 Å². The van der Waals surface area contributed by atoms with Crippen LogP contribution in [0.15, 0.2) is 47.4 Å². The number of carboxylic acids is 1. The number of nitrogens with zero attached hydrogens (tertiary/aromatic N) is 2. The minimum Gasteiger partial charge on any atom is -0.478 e. The Labute approximate surface area is 180 Å². The summed E-state index contributed by atoms with van der Waals surface area (Å²) in [5.41, 5.74) is 2.63. The number of carbonyl (C=O) groups is 1. The molecular formula is C24H24N2O3S. The van der Waals surface area contributed by atoms with Crippen molar-refractivity contribution in [3.05, 3.63) is 58.5 Å². The second-order valence-corrected chi connectivity index (χ2v) is 8.67. The van der Waals surface area contributed by atoms with Crippen LogP contribution in [0.25, 0.3) is 10.6 Å². The smallest absolute Gasteiger partial charge is 0.349 e. The Morgan fingerprint density at radius 2 is 2.13 bits per heavy atom. The zero-order chi connectivity index (χ0) is 20.9. The van der Waals surface area contributed by atoms with Crippen molar-refractivity contribution in [1.29, 1.82) is 5.26 Å². The molecule has 1 atom stereocenters. The fourth-order valence-electron chi connectivity index (χ4n) is 4.23.